The van der Waals surface area contributed by atoms with Crippen molar-refractivity contribution in [2.45, 2.75) is 18.6 Å². The highest BCUT2D eigenvalue weighted by Crippen LogP contribution is 2.44. The van der Waals surface area contributed by atoms with Crippen molar-refractivity contribution in [3.8, 4) is 11.5 Å². The number of nitrogens with zero attached hydrogens (tertiary/aromatic N) is 1. The van der Waals surface area contributed by atoms with Crippen LogP contribution in [0.3, 0.4) is 0 Å². The summed E-state index contributed by atoms with van der Waals surface area (Å²) in [6.07, 6.45) is -4.06. The zero-order valence-corrected chi connectivity index (χ0v) is 18.0. The Bertz CT molecular complexity index is 1380. The second-order valence-corrected chi connectivity index (χ2v) is 8.23. The number of hydrogen-bond donors (Lipinski definition) is 2. The topological polar surface area (TPSA) is 87.1 Å². The molecule has 0 saturated carbocycles. The van der Waals surface area contributed by atoms with Crippen molar-refractivity contribution >= 4 is 23.1 Å². The van der Waals surface area contributed by atoms with Crippen LogP contribution >= 0.6 is 0 Å². The van der Waals surface area contributed by atoms with Gasteiger partial charge in [-0.3, -0.25) is 14.5 Å². The van der Waals surface area contributed by atoms with Crippen LogP contribution in [0.4, 0.5) is 18.9 Å². The summed E-state index contributed by atoms with van der Waals surface area (Å²) in [5.41, 5.74) is 0.0196. The van der Waals surface area contributed by atoms with Gasteiger partial charge in [-0.25, -0.2) is 0 Å². The molecular weight excluding hydrogens is 463 g/mol. The molecule has 1 fully saturated rings. The molecule has 2 N–H and O–H groups in total. The number of hydrogen-bond acceptors (Lipinski definition) is 5. The van der Waals surface area contributed by atoms with Gasteiger partial charge >= 0.3 is 6.18 Å². The standard InChI is InChI=1S/C26H18F3NO5/c27-26(28,29)17-2-1-3-18(13-17)30-22(14-4-7-19(31)8-5-14)21(24(33)25(30)34)23(32)16-6-9-20-15(12-16)10-11-35-20/h1-9,12-13,22,31-32H,10-11H2/b23-21-. The van der Waals surface area contributed by atoms with E-state index in [9.17, 15) is 33.0 Å². The number of phenols is 1. The van der Waals surface area contributed by atoms with Crippen molar-refractivity contribution in [2.75, 3.05) is 11.5 Å². The van der Waals surface area contributed by atoms with Gasteiger partial charge in [-0.2, -0.15) is 13.2 Å². The third-order valence-corrected chi connectivity index (χ3v) is 6.07. The van der Waals surface area contributed by atoms with E-state index < -0.39 is 35.2 Å². The Balaban J connectivity index is 1.70. The number of ether oxygens (including phenoxy) is 1. The Morgan fingerprint density at radius 2 is 1.74 bits per heavy atom. The third-order valence-electron chi connectivity index (χ3n) is 6.07. The summed E-state index contributed by atoms with van der Waals surface area (Å²) in [6, 6.07) is 13.3. The molecule has 0 aromatic heterocycles. The SMILES string of the molecule is O=C1C(=O)N(c2cccc(C(F)(F)F)c2)C(c2ccc(O)cc2)/C1=C(/O)c1ccc2c(c1)CCO2. The molecule has 2 aliphatic rings. The number of alkyl halides is 3. The minimum atomic E-state index is -4.66. The van der Waals surface area contributed by atoms with Crippen LogP contribution in [0.2, 0.25) is 0 Å². The van der Waals surface area contributed by atoms with Crippen molar-refractivity contribution < 1.29 is 37.7 Å². The molecule has 1 unspecified atom stereocenters. The number of amides is 1. The summed E-state index contributed by atoms with van der Waals surface area (Å²) in [5.74, 6) is -1.99. The second-order valence-electron chi connectivity index (χ2n) is 8.23. The third kappa shape index (κ3) is 3.88. The summed E-state index contributed by atoms with van der Waals surface area (Å²) < 4.78 is 45.6. The van der Waals surface area contributed by atoms with Crippen LogP contribution in [-0.4, -0.2) is 28.5 Å². The molecule has 5 rings (SSSR count). The van der Waals surface area contributed by atoms with Crippen molar-refractivity contribution in [1.82, 2.24) is 0 Å². The number of ketones is 1. The molecular formula is C26H18F3NO5. The smallest absolute Gasteiger partial charge is 0.416 e. The van der Waals surface area contributed by atoms with Crippen molar-refractivity contribution in [2.24, 2.45) is 0 Å². The summed E-state index contributed by atoms with van der Waals surface area (Å²) in [4.78, 5) is 27.2. The fraction of sp³-hybridized carbons (Fsp3) is 0.154. The molecule has 0 aliphatic carbocycles. The first-order chi connectivity index (χ1) is 16.6. The van der Waals surface area contributed by atoms with E-state index in [1.807, 2.05) is 0 Å². The number of carbonyl (C=O) groups excluding carboxylic acids is 2. The van der Waals surface area contributed by atoms with E-state index in [0.717, 1.165) is 28.7 Å². The van der Waals surface area contributed by atoms with E-state index >= 15 is 0 Å². The molecule has 3 aromatic rings. The number of fused-ring (bicyclic) bond motifs is 1. The first kappa shape index (κ1) is 22.5. The van der Waals surface area contributed by atoms with E-state index in [4.69, 9.17) is 4.74 Å². The van der Waals surface area contributed by atoms with E-state index in [0.29, 0.717) is 24.3 Å². The molecule has 35 heavy (non-hydrogen) atoms. The average molecular weight is 481 g/mol. The predicted molar refractivity (Wildman–Crippen MR) is 120 cm³/mol. The largest absolute Gasteiger partial charge is 0.508 e. The molecule has 9 heteroatoms. The highest BCUT2D eigenvalue weighted by atomic mass is 19.4. The second kappa shape index (κ2) is 8.19. The number of aliphatic hydroxyl groups excluding tert-OH is 1. The van der Waals surface area contributed by atoms with Crippen LogP contribution in [-0.2, 0) is 22.2 Å². The normalized spacial score (nSPS) is 19.1. The van der Waals surface area contributed by atoms with Crippen LogP contribution in [0.15, 0.2) is 72.3 Å². The summed E-state index contributed by atoms with van der Waals surface area (Å²) in [6.45, 7) is 0.479. The highest BCUT2D eigenvalue weighted by molar-refractivity contribution is 6.51. The molecule has 3 aromatic carbocycles. The van der Waals surface area contributed by atoms with E-state index in [-0.39, 0.29) is 22.6 Å². The molecule has 0 bridgehead atoms. The molecule has 1 atom stereocenters. The maximum Gasteiger partial charge on any atom is 0.416 e. The van der Waals surface area contributed by atoms with Gasteiger partial charge in [-0.15, -0.1) is 0 Å². The van der Waals surface area contributed by atoms with Gasteiger partial charge in [0, 0.05) is 17.7 Å². The Morgan fingerprint density at radius 1 is 1.00 bits per heavy atom. The van der Waals surface area contributed by atoms with Gasteiger partial charge in [0.05, 0.1) is 23.8 Å². The van der Waals surface area contributed by atoms with Crippen molar-refractivity contribution in [3.63, 3.8) is 0 Å². The average Bonchev–Trinajstić information content (AvgIpc) is 3.41. The quantitative estimate of drug-likeness (QED) is 0.313. The number of phenolic OH excluding ortho intramolecular Hbond substituents is 1. The van der Waals surface area contributed by atoms with E-state index in [2.05, 4.69) is 0 Å². The summed E-state index contributed by atoms with van der Waals surface area (Å²) in [5, 5.41) is 20.9. The maximum atomic E-state index is 13.4. The minimum absolute atomic E-state index is 0.0802. The number of halogens is 3. The van der Waals surface area contributed by atoms with Gasteiger partial charge in [0.25, 0.3) is 11.7 Å². The maximum absolute atomic E-state index is 13.4. The van der Waals surface area contributed by atoms with Gasteiger partial charge in [0.1, 0.15) is 17.3 Å². The van der Waals surface area contributed by atoms with Gasteiger partial charge in [0.2, 0.25) is 0 Å². The van der Waals surface area contributed by atoms with Crippen LogP contribution in [0.25, 0.3) is 5.76 Å². The Labute approximate surface area is 197 Å². The summed E-state index contributed by atoms with van der Waals surface area (Å²) >= 11 is 0. The molecule has 178 valence electrons. The van der Waals surface area contributed by atoms with E-state index in [1.165, 1.54) is 30.3 Å². The lowest BCUT2D eigenvalue weighted by Gasteiger charge is -2.26. The summed E-state index contributed by atoms with van der Waals surface area (Å²) in [7, 11) is 0. The lowest BCUT2D eigenvalue weighted by Crippen LogP contribution is -2.29. The number of carbonyl (C=O) groups is 2. The molecule has 0 radical (unpaired) electrons. The first-order valence-corrected chi connectivity index (χ1v) is 10.7. The van der Waals surface area contributed by atoms with Crippen molar-refractivity contribution in [3.05, 3.63) is 94.6 Å². The number of aliphatic hydroxyl groups is 1. The van der Waals surface area contributed by atoms with Crippen LogP contribution in [0.1, 0.15) is 28.3 Å². The zero-order chi connectivity index (χ0) is 24.9. The molecule has 6 nitrogen and oxygen atoms in total. The molecule has 2 heterocycles. The number of Topliss-reactive ketones (excluding diaryl/α,β-unsaturated/α-hetero) is 1. The predicted octanol–water partition coefficient (Wildman–Crippen LogP) is 4.97. The number of benzene rings is 3. The fourth-order valence-electron chi connectivity index (χ4n) is 4.39. The number of aromatic hydroxyl groups is 1. The minimum Gasteiger partial charge on any atom is -0.508 e. The van der Waals surface area contributed by atoms with Crippen molar-refractivity contribution in [1.29, 1.82) is 0 Å². The first-order valence-electron chi connectivity index (χ1n) is 10.7. The van der Waals surface area contributed by atoms with Crippen LogP contribution < -0.4 is 9.64 Å². The molecule has 2 aliphatic heterocycles. The monoisotopic (exact) mass is 481 g/mol. The Kier molecular flexibility index (Phi) is 5.27. The Morgan fingerprint density at radius 3 is 2.46 bits per heavy atom. The Hall–Kier alpha value is -4.27. The van der Waals surface area contributed by atoms with Crippen LogP contribution in [0.5, 0.6) is 11.5 Å². The molecule has 1 amide bonds. The van der Waals surface area contributed by atoms with Gasteiger partial charge in [-0.05, 0) is 59.7 Å². The highest BCUT2D eigenvalue weighted by Gasteiger charge is 2.47. The number of anilines is 1. The lowest BCUT2D eigenvalue weighted by atomic mass is 9.94. The number of rotatable bonds is 3. The fourth-order valence-corrected chi connectivity index (χ4v) is 4.39. The van der Waals surface area contributed by atoms with Gasteiger partial charge in [-0.1, -0.05) is 18.2 Å². The molecule has 1 saturated heterocycles. The molecule has 0 spiro atoms. The van der Waals surface area contributed by atoms with Gasteiger partial charge in [0.15, 0.2) is 0 Å². The zero-order valence-electron chi connectivity index (χ0n) is 18.0. The van der Waals surface area contributed by atoms with Crippen LogP contribution in [0, 0.1) is 0 Å². The lowest BCUT2D eigenvalue weighted by molar-refractivity contribution is -0.137. The van der Waals surface area contributed by atoms with E-state index in [1.54, 1.807) is 18.2 Å². The van der Waals surface area contributed by atoms with Gasteiger partial charge < -0.3 is 14.9 Å².